The van der Waals surface area contributed by atoms with Crippen molar-refractivity contribution in [1.82, 2.24) is 0 Å². The number of benzene rings is 1. The van der Waals surface area contributed by atoms with Gasteiger partial charge in [-0.1, -0.05) is 60.8 Å². The van der Waals surface area contributed by atoms with Crippen LogP contribution in [0.25, 0.3) is 0 Å². The summed E-state index contributed by atoms with van der Waals surface area (Å²) in [4.78, 5) is 39.7. The van der Waals surface area contributed by atoms with E-state index in [9.17, 15) is 14.4 Å². The summed E-state index contributed by atoms with van der Waals surface area (Å²) in [7, 11) is 0.296. The van der Waals surface area contributed by atoms with Gasteiger partial charge in [0, 0.05) is 24.3 Å². The fourth-order valence-electron chi connectivity index (χ4n) is 6.77. The zero-order chi connectivity index (χ0) is 34.2. The van der Waals surface area contributed by atoms with Crippen LogP contribution >= 0.6 is 0 Å². The summed E-state index contributed by atoms with van der Waals surface area (Å²) in [5, 5.41) is -0.107. The monoisotopic (exact) mass is 660 g/mol. The van der Waals surface area contributed by atoms with Gasteiger partial charge < -0.3 is 28.1 Å². The van der Waals surface area contributed by atoms with Crippen molar-refractivity contribution in [3.05, 3.63) is 22.8 Å². The summed E-state index contributed by atoms with van der Waals surface area (Å²) < 4.78 is 37.4. The van der Waals surface area contributed by atoms with Gasteiger partial charge in [-0.2, -0.15) is 0 Å². The van der Waals surface area contributed by atoms with Crippen LogP contribution in [0.1, 0.15) is 121 Å². The van der Waals surface area contributed by atoms with Gasteiger partial charge in [-0.15, -0.1) is 0 Å². The van der Waals surface area contributed by atoms with E-state index in [4.69, 9.17) is 28.1 Å². The van der Waals surface area contributed by atoms with E-state index < -0.39 is 31.5 Å². The van der Waals surface area contributed by atoms with Gasteiger partial charge in [-0.25, -0.2) is 4.79 Å². The van der Waals surface area contributed by atoms with E-state index in [-0.39, 0.29) is 53.5 Å². The summed E-state index contributed by atoms with van der Waals surface area (Å²) in [5.41, 5.74) is 0.951. The van der Waals surface area contributed by atoms with Crippen LogP contribution in [0, 0.1) is 17.3 Å². The van der Waals surface area contributed by atoms with Gasteiger partial charge in [0.1, 0.15) is 28.3 Å². The summed E-state index contributed by atoms with van der Waals surface area (Å²) in [6, 6.07) is 2.02. The molecule has 0 amide bonds. The number of carbonyl (C=O) groups excluding carboxylic acids is 3. The highest BCUT2D eigenvalue weighted by atomic mass is 28.4. The Labute approximate surface area is 276 Å². The molecule has 0 radical (unpaired) electrons. The summed E-state index contributed by atoms with van der Waals surface area (Å²) >= 11 is 0. The lowest BCUT2D eigenvalue weighted by Gasteiger charge is -2.46. The highest BCUT2D eigenvalue weighted by Crippen LogP contribution is 2.56. The predicted octanol–water partition coefficient (Wildman–Crippen LogP) is 7.73. The van der Waals surface area contributed by atoms with Crippen LogP contribution in [0.4, 0.5) is 0 Å². The van der Waals surface area contributed by atoms with Crippen molar-refractivity contribution >= 4 is 26.0 Å². The number of methoxy groups -OCH3 is 2. The lowest BCUT2D eigenvalue weighted by Crippen LogP contribution is -2.49. The Balaban J connectivity index is 1.79. The molecule has 3 heterocycles. The molecule has 1 fully saturated rings. The number of esters is 2. The topological polar surface area (TPSA) is 107 Å². The van der Waals surface area contributed by atoms with Gasteiger partial charge in [0.25, 0.3) is 8.32 Å². The third-order valence-corrected chi connectivity index (χ3v) is 15.6. The molecule has 1 saturated heterocycles. The highest BCUT2D eigenvalue weighted by molar-refractivity contribution is 6.74. The van der Waals surface area contributed by atoms with Gasteiger partial charge in [0.05, 0.1) is 33.0 Å². The van der Waals surface area contributed by atoms with Crippen molar-refractivity contribution < 1.29 is 42.5 Å². The zero-order valence-corrected chi connectivity index (χ0v) is 30.9. The fourth-order valence-corrected chi connectivity index (χ4v) is 7.79. The molecule has 10 heteroatoms. The minimum absolute atomic E-state index is 0.0103. The van der Waals surface area contributed by atoms with E-state index >= 15 is 0 Å². The van der Waals surface area contributed by atoms with Crippen LogP contribution in [-0.4, -0.2) is 58.8 Å². The number of hydrogen-bond acceptors (Lipinski definition) is 9. The largest absolute Gasteiger partial charge is 0.543 e. The van der Waals surface area contributed by atoms with Crippen LogP contribution in [-0.2, 0) is 35.0 Å². The van der Waals surface area contributed by atoms with Crippen molar-refractivity contribution in [3.63, 3.8) is 0 Å². The number of rotatable bonds is 12. The average molecular weight is 661 g/mol. The first-order valence-corrected chi connectivity index (χ1v) is 20.0. The molecule has 1 spiro atoms. The number of hydrogen-bond donors (Lipinski definition) is 0. The van der Waals surface area contributed by atoms with Crippen LogP contribution in [0.5, 0.6) is 11.5 Å². The molecule has 0 aromatic heterocycles. The van der Waals surface area contributed by atoms with Crippen molar-refractivity contribution in [3.8, 4) is 11.5 Å². The molecule has 258 valence electrons. The molecule has 1 aromatic rings. The van der Waals surface area contributed by atoms with Crippen LogP contribution in [0.2, 0.25) is 18.1 Å². The summed E-state index contributed by atoms with van der Waals surface area (Å²) in [6.45, 7) is 18.8. The maximum atomic E-state index is 13.6. The van der Waals surface area contributed by atoms with Crippen LogP contribution < -0.4 is 9.16 Å². The highest BCUT2D eigenvalue weighted by Gasteiger charge is 2.57. The molecular weight excluding hydrogens is 604 g/mol. The summed E-state index contributed by atoms with van der Waals surface area (Å²) in [5.74, 6) is -1.97. The first-order chi connectivity index (χ1) is 21.5. The van der Waals surface area contributed by atoms with E-state index in [1.54, 1.807) is 6.92 Å². The molecule has 0 N–H and O–H groups in total. The molecule has 0 saturated carbocycles. The standard InChI is InChI=1S/C36H56O9Si/c1-12-14-15-16-25-17-23-18-26(45-46(10,11)34(4,5)6)30(32(38)40-8)31-29(23)27(43-25)20-36(44-31)22(3)24(21-42-36)19-28(37)35(7,13-2)33(39)41-9/h18,22,24-25,27H,12-17,19-21H2,1-11H3/t22-,24+,25+,27-,35?,36-/m0/s1. The van der Waals surface area contributed by atoms with Gasteiger partial charge in [0.15, 0.2) is 0 Å². The number of Topliss-reactive ketones (excluding diaryl/α,β-unsaturated/α-hetero) is 1. The van der Waals surface area contributed by atoms with Gasteiger partial charge in [-0.05, 0) is 61.9 Å². The Morgan fingerprint density at radius 2 is 1.76 bits per heavy atom. The lowest BCUT2D eigenvalue weighted by atomic mass is 9.75. The Hall–Kier alpha value is -2.43. The second-order valence-corrected chi connectivity index (χ2v) is 20.0. The van der Waals surface area contributed by atoms with E-state index in [1.807, 2.05) is 19.9 Å². The molecule has 4 rings (SSSR count). The zero-order valence-electron chi connectivity index (χ0n) is 29.9. The molecule has 1 aromatic carbocycles. The normalized spacial score (nSPS) is 26.9. The first-order valence-electron chi connectivity index (χ1n) is 17.1. The van der Waals surface area contributed by atoms with E-state index in [0.29, 0.717) is 30.8 Å². The minimum atomic E-state index is -2.38. The Morgan fingerprint density at radius 3 is 2.35 bits per heavy atom. The van der Waals surface area contributed by atoms with Crippen molar-refractivity contribution in [2.75, 3.05) is 20.8 Å². The Morgan fingerprint density at radius 1 is 1.07 bits per heavy atom. The second-order valence-electron chi connectivity index (χ2n) is 15.2. The minimum Gasteiger partial charge on any atom is -0.543 e. The SMILES string of the molecule is CCCCC[C@@H]1Cc2cc(O[Si](C)(C)C(C)(C)C)c(C(=O)OC)c3c2[C@H](C[C@]2(OC[C@@H](CC(=O)C(C)(CC)C(=O)OC)[C@@H]2C)O3)O1. The van der Waals surface area contributed by atoms with Crippen LogP contribution in [0.15, 0.2) is 6.07 Å². The maximum absolute atomic E-state index is 13.6. The molecule has 3 aliphatic heterocycles. The molecule has 6 atom stereocenters. The van der Waals surface area contributed by atoms with Crippen LogP contribution in [0.3, 0.4) is 0 Å². The van der Waals surface area contributed by atoms with Gasteiger partial charge in [0.2, 0.25) is 5.79 Å². The molecule has 1 unspecified atom stereocenters. The molecule has 0 aliphatic carbocycles. The lowest BCUT2D eigenvalue weighted by molar-refractivity contribution is -0.214. The number of ether oxygens (including phenoxy) is 5. The average Bonchev–Trinajstić information content (AvgIpc) is 3.28. The number of unbranched alkanes of at least 4 members (excludes halogenated alkanes) is 2. The second kappa shape index (κ2) is 13.6. The van der Waals surface area contributed by atoms with Crippen molar-refractivity contribution in [2.45, 2.75) is 136 Å². The first kappa shape index (κ1) is 36.4. The summed E-state index contributed by atoms with van der Waals surface area (Å²) in [6.07, 6.45) is 5.52. The maximum Gasteiger partial charge on any atom is 0.345 e. The third kappa shape index (κ3) is 6.63. The predicted molar refractivity (Wildman–Crippen MR) is 178 cm³/mol. The molecule has 3 aliphatic rings. The number of ketones is 1. The molecule has 0 bridgehead atoms. The van der Waals surface area contributed by atoms with Crippen molar-refractivity contribution in [1.29, 1.82) is 0 Å². The van der Waals surface area contributed by atoms with E-state index in [2.05, 4.69) is 40.8 Å². The Bertz CT molecular complexity index is 1320. The van der Waals surface area contributed by atoms with E-state index in [0.717, 1.165) is 36.8 Å². The molecule has 46 heavy (non-hydrogen) atoms. The number of carbonyl (C=O) groups is 3. The van der Waals surface area contributed by atoms with Gasteiger partial charge in [-0.3, -0.25) is 9.59 Å². The Kier molecular flexibility index (Phi) is 10.8. The van der Waals surface area contributed by atoms with Gasteiger partial charge >= 0.3 is 11.9 Å². The fraction of sp³-hybridized carbons (Fsp3) is 0.750. The quantitative estimate of drug-likeness (QED) is 0.0964. The van der Waals surface area contributed by atoms with E-state index in [1.165, 1.54) is 14.2 Å². The third-order valence-electron chi connectivity index (χ3n) is 11.3. The van der Waals surface area contributed by atoms with Crippen molar-refractivity contribution in [2.24, 2.45) is 17.3 Å². The molecular formula is C36H56O9Si. The smallest absolute Gasteiger partial charge is 0.345 e. The molecule has 9 nitrogen and oxygen atoms in total.